The molecule has 27 heavy (non-hydrogen) atoms. The summed E-state index contributed by atoms with van der Waals surface area (Å²) in [5.74, 6) is 2.68. The Labute approximate surface area is 158 Å². The molecule has 1 atom stereocenters. The summed E-state index contributed by atoms with van der Waals surface area (Å²) in [5, 5.41) is 3.01. The molecule has 0 spiro atoms. The molecular weight excluding hydrogens is 342 g/mol. The number of hydrogen-bond donors (Lipinski definition) is 2. The predicted octanol–water partition coefficient (Wildman–Crippen LogP) is 3.37. The maximum atomic E-state index is 12.6. The summed E-state index contributed by atoms with van der Waals surface area (Å²) < 4.78 is 5.66. The number of fused-ring (bicyclic) bond motifs is 2. The summed E-state index contributed by atoms with van der Waals surface area (Å²) in [6.07, 6.45) is 3.35. The first kappa shape index (κ1) is 17.7. The van der Waals surface area contributed by atoms with Gasteiger partial charge in [0.2, 0.25) is 5.91 Å². The molecule has 3 aromatic rings. The molecule has 1 aromatic carbocycles. The van der Waals surface area contributed by atoms with E-state index < -0.39 is 0 Å². The third kappa shape index (κ3) is 3.88. The monoisotopic (exact) mass is 367 g/mol. The van der Waals surface area contributed by atoms with Gasteiger partial charge in [0, 0.05) is 31.4 Å². The highest BCUT2D eigenvalue weighted by atomic mass is 16.4. The van der Waals surface area contributed by atoms with Crippen molar-refractivity contribution in [1.29, 1.82) is 0 Å². The van der Waals surface area contributed by atoms with Crippen molar-refractivity contribution >= 4 is 22.6 Å². The Morgan fingerprint density at radius 3 is 3.04 bits per heavy atom. The number of aromatic amines is 1. The van der Waals surface area contributed by atoms with E-state index in [0.717, 1.165) is 59.8 Å². The molecule has 0 aliphatic heterocycles. The van der Waals surface area contributed by atoms with Crippen molar-refractivity contribution in [2.45, 2.75) is 45.1 Å². The highest BCUT2D eigenvalue weighted by Gasteiger charge is 2.27. The molecule has 2 aromatic heterocycles. The van der Waals surface area contributed by atoms with Crippen molar-refractivity contribution in [3.8, 4) is 0 Å². The second kappa shape index (κ2) is 7.15. The number of hydrogen-bond acceptors (Lipinski definition) is 5. The molecule has 0 bridgehead atoms. The Morgan fingerprint density at radius 2 is 2.22 bits per heavy atom. The molecule has 1 amide bonds. The zero-order valence-electron chi connectivity index (χ0n) is 16.0. The van der Waals surface area contributed by atoms with E-state index in [1.807, 2.05) is 39.2 Å². The average molecular weight is 367 g/mol. The summed E-state index contributed by atoms with van der Waals surface area (Å²) in [6, 6.07) is 5.76. The molecule has 0 radical (unpaired) electrons. The van der Waals surface area contributed by atoms with Crippen LogP contribution in [0.25, 0.3) is 11.0 Å². The van der Waals surface area contributed by atoms with E-state index in [1.165, 1.54) is 0 Å². The molecule has 1 aliphatic carbocycles. The molecule has 4 rings (SSSR count). The number of oxazole rings is 1. The Balaban J connectivity index is 1.45. The number of amides is 1. The lowest BCUT2D eigenvalue weighted by atomic mass is 9.88. The average Bonchev–Trinajstić information content (AvgIpc) is 3.16. The molecule has 2 heterocycles. The number of carbonyl (C=O) groups is 1. The van der Waals surface area contributed by atoms with E-state index in [-0.39, 0.29) is 11.8 Å². The van der Waals surface area contributed by atoms with E-state index in [1.54, 1.807) is 0 Å². The quantitative estimate of drug-likeness (QED) is 0.722. The summed E-state index contributed by atoms with van der Waals surface area (Å²) in [5.41, 5.74) is 3.57. The molecule has 0 fully saturated rings. The van der Waals surface area contributed by atoms with Gasteiger partial charge in [-0.3, -0.25) is 4.79 Å². The van der Waals surface area contributed by atoms with Crippen LogP contribution in [-0.2, 0) is 17.8 Å². The van der Waals surface area contributed by atoms with Crippen molar-refractivity contribution in [2.75, 3.05) is 19.4 Å². The van der Waals surface area contributed by atoms with Crippen LogP contribution >= 0.6 is 0 Å². The highest BCUT2D eigenvalue weighted by Crippen LogP contribution is 2.34. The van der Waals surface area contributed by atoms with Gasteiger partial charge in [-0.25, -0.2) is 9.97 Å². The van der Waals surface area contributed by atoms with Crippen molar-refractivity contribution in [1.82, 2.24) is 19.9 Å². The molecule has 0 saturated heterocycles. The lowest BCUT2D eigenvalue weighted by Gasteiger charge is -2.19. The molecule has 0 saturated carbocycles. The number of benzene rings is 1. The fraction of sp³-hybridized carbons (Fsp3) is 0.450. The maximum Gasteiger partial charge on any atom is 0.225 e. The zero-order chi connectivity index (χ0) is 19.0. The number of carbonyl (C=O) groups excluding carboxylic acids is 1. The lowest BCUT2D eigenvalue weighted by molar-refractivity contribution is -0.116. The number of H-pyrrole nitrogens is 1. The number of aryl methyl sites for hydroxylation is 2. The van der Waals surface area contributed by atoms with Crippen LogP contribution in [0.3, 0.4) is 0 Å². The van der Waals surface area contributed by atoms with Crippen LogP contribution < -0.4 is 5.32 Å². The first-order valence-corrected chi connectivity index (χ1v) is 9.37. The van der Waals surface area contributed by atoms with Crippen LogP contribution in [0.15, 0.2) is 22.6 Å². The Hall–Kier alpha value is -2.67. The van der Waals surface area contributed by atoms with E-state index in [2.05, 4.69) is 25.2 Å². The van der Waals surface area contributed by atoms with Crippen LogP contribution in [0.4, 0.5) is 5.69 Å². The van der Waals surface area contributed by atoms with E-state index >= 15 is 0 Å². The van der Waals surface area contributed by atoms with Gasteiger partial charge < -0.3 is 19.6 Å². The molecule has 1 aliphatic rings. The minimum absolute atomic E-state index is 0.000818. The number of aromatic nitrogens is 3. The minimum Gasteiger partial charge on any atom is -0.446 e. The maximum absolute atomic E-state index is 12.6. The normalized spacial score (nSPS) is 16.7. The van der Waals surface area contributed by atoms with Gasteiger partial charge in [0.05, 0.1) is 23.3 Å². The molecule has 1 unspecified atom stereocenters. The van der Waals surface area contributed by atoms with Gasteiger partial charge in [-0.05, 0) is 45.1 Å². The van der Waals surface area contributed by atoms with Crippen molar-refractivity contribution in [3.63, 3.8) is 0 Å². The first-order chi connectivity index (χ1) is 13.0. The number of nitrogens with one attached hydrogen (secondary N) is 2. The van der Waals surface area contributed by atoms with Gasteiger partial charge in [-0.2, -0.15) is 0 Å². The largest absolute Gasteiger partial charge is 0.446 e. The van der Waals surface area contributed by atoms with Crippen LogP contribution in [0, 0.1) is 6.92 Å². The van der Waals surface area contributed by atoms with Crippen LogP contribution in [-0.4, -0.2) is 39.9 Å². The Bertz CT molecular complexity index is 972. The first-order valence-electron chi connectivity index (χ1n) is 9.37. The highest BCUT2D eigenvalue weighted by molar-refractivity contribution is 5.93. The smallest absolute Gasteiger partial charge is 0.225 e. The molecule has 7 nitrogen and oxygen atoms in total. The second-order valence-electron chi connectivity index (χ2n) is 7.54. The zero-order valence-corrected chi connectivity index (χ0v) is 16.0. The van der Waals surface area contributed by atoms with Crippen LogP contribution in [0.1, 0.15) is 48.3 Å². The number of rotatable bonds is 5. The third-order valence-electron chi connectivity index (χ3n) is 4.89. The Morgan fingerprint density at radius 1 is 1.37 bits per heavy atom. The fourth-order valence-electron chi connectivity index (χ4n) is 3.78. The summed E-state index contributed by atoms with van der Waals surface area (Å²) >= 11 is 0. The number of imidazole rings is 1. The van der Waals surface area contributed by atoms with E-state index in [4.69, 9.17) is 4.42 Å². The van der Waals surface area contributed by atoms with Gasteiger partial charge in [0.15, 0.2) is 5.89 Å². The summed E-state index contributed by atoms with van der Waals surface area (Å²) in [7, 11) is 4.01. The third-order valence-corrected chi connectivity index (χ3v) is 4.89. The number of anilines is 1. The second-order valence-corrected chi connectivity index (χ2v) is 7.54. The number of nitrogens with zero attached hydrogens (tertiary/aromatic N) is 3. The van der Waals surface area contributed by atoms with Gasteiger partial charge in [-0.15, -0.1) is 0 Å². The topological polar surface area (TPSA) is 87.1 Å². The van der Waals surface area contributed by atoms with Crippen molar-refractivity contribution in [3.05, 3.63) is 41.4 Å². The van der Waals surface area contributed by atoms with Gasteiger partial charge in [0.25, 0.3) is 0 Å². The Kier molecular flexibility index (Phi) is 4.70. The standard InChI is InChI=1S/C20H25N5O2/c1-12-21-20-13(5-4-6-17(20)27-12)9-19(26)22-14-7-8-15-16(10-14)24-18(23-15)11-25(2)3/h7-8,10,13H,4-6,9,11H2,1-3H3,(H,22,26)(H,23,24). The van der Waals surface area contributed by atoms with Crippen molar-refractivity contribution < 1.29 is 9.21 Å². The van der Waals surface area contributed by atoms with E-state index in [9.17, 15) is 4.79 Å². The van der Waals surface area contributed by atoms with Crippen molar-refractivity contribution in [2.24, 2.45) is 0 Å². The minimum atomic E-state index is 0.000818. The van der Waals surface area contributed by atoms with Crippen LogP contribution in [0.2, 0.25) is 0 Å². The molecule has 7 heteroatoms. The summed E-state index contributed by atoms with van der Waals surface area (Å²) in [4.78, 5) is 27.0. The fourth-order valence-corrected chi connectivity index (χ4v) is 3.78. The van der Waals surface area contributed by atoms with E-state index in [0.29, 0.717) is 12.3 Å². The SMILES string of the molecule is Cc1nc2c(o1)CCCC2CC(=O)Nc1ccc2nc(CN(C)C)[nH]c2c1. The molecule has 142 valence electrons. The van der Waals surface area contributed by atoms with Gasteiger partial charge >= 0.3 is 0 Å². The predicted molar refractivity (Wildman–Crippen MR) is 104 cm³/mol. The molecule has 2 N–H and O–H groups in total. The lowest BCUT2D eigenvalue weighted by Crippen LogP contribution is -2.18. The summed E-state index contributed by atoms with van der Waals surface area (Å²) in [6.45, 7) is 2.61. The van der Waals surface area contributed by atoms with Crippen LogP contribution in [0.5, 0.6) is 0 Å². The van der Waals surface area contributed by atoms with Gasteiger partial charge in [-0.1, -0.05) is 0 Å². The molecular formula is C20H25N5O2. The van der Waals surface area contributed by atoms with Gasteiger partial charge in [0.1, 0.15) is 11.6 Å².